The molecule has 1 aliphatic rings. The molecule has 0 fully saturated rings. The van der Waals surface area contributed by atoms with E-state index in [0.717, 1.165) is 9.87 Å². The highest BCUT2D eigenvalue weighted by molar-refractivity contribution is 7.93. The van der Waals surface area contributed by atoms with Crippen molar-refractivity contribution in [1.82, 2.24) is 14.8 Å². The summed E-state index contributed by atoms with van der Waals surface area (Å²) >= 11 is 0. The van der Waals surface area contributed by atoms with E-state index in [1.165, 1.54) is 6.20 Å². The summed E-state index contributed by atoms with van der Waals surface area (Å²) in [5.41, 5.74) is 8.00. The Kier molecular flexibility index (Phi) is 3.52. The Morgan fingerprint density at radius 2 is 2.04 bits per heavy atom. The highest BCUT2D eigenvalue weighted by Gasteiger charge is 2.41. The van der Waals surface area contributed by atoms with Gasteiger partial charge < -0.3 is 5.73 Å². The number of hydrogen-bond acceptors (Lipinski definition) is 5. The average Bonchev–Trinajstić information content (AvgIpc) is 3.13. The molecule has 4 rings (SSSR count). The van der Waals surface area contributed by atoms with Gasteiger partial charge in [0.05, 0.1) is 11.4 Å². The molecule has 8 nitrogen and oxygen atoms in total. The molecule has 1 aliphatic heterocycles. The van der Waals surface area contributed by atoms with Gasteiger partial charge in [-0.1, -0.05) is 18.2 Å². The number of para-hydroxylation sites is 1. The van der Waals surface area contributed by atoms with Gasteiger partial charge in [0.1, 0.15) is 10.9 Å². The Morgan fingerprint density at radius 3 is 2.77 bits per heavy atom. The number of carbonyl (C=O) groups excluding carboxylic acids is 1. The molecule has 0 saturated carbocycles. The summed E-state index contributed by atoms with van der Waals surface area (Å²) in [4.78, 5) is 16.2. The average molecular weight is 371 g/mol. The third-order valence-electron chi connectivity index (χ3n) is 4.65. The first-order valence-electron chi connectivity index (χ1n) is 8.01. The van der Waals surface area contributed by atoms with Crippen LogP contribution in [-0.2, 0) is 28.3 Å². The highest BCUT2D eigenvalue weighted by Crippen LogP contribution is 2.37. The van der Waals surface area contributed by atoms with Crippen molar-refractivity contribution in [2.24, 2.45) is 12.8 Å². The van der Waals surface area contributed by atoms with Gasteiger partial charge in [0.25, 0.3) is 10.0 Å². The maximum absolute atomic E-state index is 13.3. The van der Waals surface area contributed by atoms with Gasteiger partial charge in [-0.25, -0.2) is 13.4 Å². The number of nitrogens with two attached hydrogens (primary N) is 1. The van der Waals surface area contributed by atoms with Gasteiger partial charge >= 0.3 is 0 Å². The van der Waals surface area contributed by atoms with Crippen LogP contribution in [0.1, 0.15) is 11.3 Å². The summed E-state index contributed by atoms with van der Waals surface area (Å²) in [7, 11) is -2.27. The number of anilines is 1. The topological polar surface area (TPSA) is 111 Å². The van der Waals surface area contributed by atoms with Crippen molar-refractivity contribution in [3.05, 3.63) is 47.8 Å². The first kappa shape index (κ1) is 16.5. The minimum atomic E-state index is -4.01. The van der Waals surface area contributed by atoms with Crippen LogP contribution in [0, 0.1) is 6.92 Å². The smallest absolute Gasteiger partial charge is 0.266 e. The predicted octanol–water partition coefficient (Wildman–Crippen LogP) is 0.882. The maximum atomic E-state index is 13.3. The molecule has 0 spiro atoms. The third kappa shape index (κ3) is 2.27. The molecule has 0 unspecified atom stereocenters. The molecular formula is C17H17N5O3S. The van der Waals surface area contributed by atoms with Crippen molar-refractivity contribution in [2.75, 3.05) is 4.31 Å². The van der Waals surface area contributed by atoms with Crippen LogP contribution in [0.5, 0.6) is 0 Å². The Hall–Kier alpha value is -2.94. The fraction of sp³-hybridized carbons (Fsp3) is 0.235. The number of benzene rings is 1. The molecule has 9 heteroatoms. The number of rotatable bonds is 3. The van der Waals surface area contributed by atoms with Crippen molar-refractivity contribution in [1.29, 1.82) is 0 Å². The summed E-state index contributed by atoms with van der Waals surface area (Å²) in [5.74, 6) is -0.684. The zero-order chi connectivity index (χ0) is 18.6. The summed E-state index contributed by atoms with van der Waals surface area (Å²) in [5, 5.41) is 4.91. The van der Waals surface area contributed by atoms with Crippen molar-refractivity contribution in [3.63, 3.8) is 0 Å². The third-order valence-corrected chi connectivity index (χ3v) is 6.44. The van der Waals surface area contributed by atoms with Crippen LogP contribution < -0.4 is 10.0 Å². The van der Waals surface area contributed by atoms with E-state index in [0.29, 0.717) is 22.4 Å². The molecule has 134 valence electrons. The molecule has 0 bridgehead atoms. The number of amides is 1. The molecule has 0 aliphatic carbocycles. The van der Waals surface area contributed by atoms with Gasteiger partial charge in [-0.15, -0.1) is 0 Å². The molecule has 1 amide bonds. The maximum Gasteiger partial charge on any atom is 0.266 e. The van der Waals surface area contributed by atoms with E-state index in [1.807, 2.05) is 0 Å². The molecule has 2 N–H and O–H groups in total. The molecule has 0 radical (unpaired) electrons. The van der Waals surface area contributed by atoms with Crippen LogP contribution >= 0.6 is 0 Å². The molecule has 2 aromatic heterocycles. The molecule has 1 aromatic carbocycles. The highest BCUT2D eigenvalue weighted by atomic mass is 32.2. The van der Waals surface area contributed by atoms with E-state index in [1.54, 1.807) is 49.0 Å². The van der Waals surface area contributed by atoms with Gasteiger partial charge in [-0.05, 0) is 24.6 Å². The summed E-state index contributed by atoms with van der Waals surface area (Å²) in [6.45, 7) is 1.79. The number of aromatic nitrogens is 3. The molecule has 1 atom stereocenters. The first-order valence-corrected chi connectivity index (χ1v) is 9.45. The Bertz CT molecular complexity index is 1150. The SMILES string of the molecule is Cc1nn(C)c2ncc(S(=O)(=O)N3c4ccccc4C[C@H]3C(N)=O)cc12. The minimum Gasteiger partial charge on any atom is -0.368 e. The van der Waals surface area contributed by atoms with Gasteiger partial charge in [-0.3, -0.25) is 13.8 Å². The first-order chi connectivity index (χ1) is 12.3. The molecular weight excluding hydrogens is 354 g/mol. The van der Waals surface area contributed by atoms with Crippen LogP contribution in [0.4, 0.5) is 5.69 Å². The lowest BCUT2D eigenvalue weighted by atomic mass is 10.1. The number of carbonyl (C=O) groups is 1. The number of hydrogen-bond donors (Lipinski definition) is 1. The molecule has 3 aromatic rings. The van der Waals surface area contributed by atoms with E-state index in [-0.39, 0.29) is 11.3 Å². The van der Waals surface area contributed by atoms with E-state index < -0.39 is 22.0 Å². The van der Waals surface area contributed by atoms with Crippen LogP contribution in [-0.4, -0.2) is 35.1 Å². The van der Waals surface area contributed by atoms with E-state index in [4.69, 9.17) is 5.73 Å². The van der Waals surface area contributed by atoms with Crippen molar-refractivity contribution in [3.8, 4) is 0 Å². The number of nitrogens with zero attached hydrogens (tertiary/aromatic N) is 4. The minimum absolute atomic E-state index is 0.00375. The van der Waals surface area contributed by atoms with E-state index >= 15 is 0 Å². The molecule has 3 heterocycles. The summed E-state index contributed by atoms with van der Waals surface area (Å²) in [6.07, 6.45) is 1.55. The van der Waals surface area contributed by atoms with E-state index in [9.17, 15) is 13.2 Å². The fourth-order valence-electron chi connectivity index (χ4n) is 3.41. The van der Waals surface area contributed by atoms with Crippen LogP contribution in [0.2, 0.25) is 0 Å². The monoisotopic (exact) mass is 371 g/mol. The Morgan fingerprint density at radius 1 is 1.31 bits per heavy atom. The fourth-order valence-corrected chi connectivity index (χ4v) is 5.04. The second-order valence-corrected chi connectivity index (χ2v) is 8.12. The van der Waals surface area contributed by atoms with Gasteiger partial charge in [0.15, 0.2) is 5.65 Å². The Labute approximate surface area is 150 Å². The lowest BCUT2D eigenvalue weighted by Gasteiger charge is -2.24. The molecule has 0 saturated heterocycles. The Balaban J connectivity index is 1.90. The van der Waals surface area contributed by atoms with Gasteiger partial charge in [0.2, 0.25) is 5.91 Å². The van der Waals surface area contributed by atoms with Gasteiger partial charge in [-0.2, -0.15) is 5.10 Å². The van der Waals surface area contributed by atoms with Crippen molar-refractivity contribution >= 4 is 32.7 Å². The van der Waals surface area contributed by atoms with Crippen LogP contribution in [0.25, 0.3) is 11.0 Å². The van der Waals surface area contributed by atoms with Crippen LogP contribution in [0.3, 0.4) is 0 Å². The van der Waals surface area contributed by atoms with Gasteiger partial charge in [0, 0.05) is 25.1 Å². The number of sulfonamides is 1. The lowest BCUT2D eigenvalue weighted by molar-refractivity contribution is -0.118. The second kappa shape index (κ2) is 5.53. The van der Waals surface area contributed by atoms with Crippen LogP contribution in [0.15, 0.2) is 41.4 Å². The summed E-state index contributed by atoms with van der Waals surface area (Å²) in [6, 6.07) is 7.60. The van der Waals surface area contributed by atoms with Crippen molar-refractivity contribution in [2.45, 2.75) is 24.3 Å². The lowest BCUT2D eigenvalue weighted by Crippen LogP contribution is -2.46. The van der Waals surface area contributed by atoms with E-state index in [2.05, 4.69) is 10.1 Å². The number of aryl methyl sites for hydroxylation is 2. The number of primary amides is 1. The zero-order valence-corrected chi connectivity index (χ0v) is 15.1. The standard InChI is InChI=1S/C17H17N5O3S/c1-10-13-8-12(9-19-17(13)21(2)20-10)26(24,25)22-14-6-4-3-5-11(14)7-15(22)16(18)23/h3-6,8-9,15H,7H2,1-2H3,(H2,18,23)/t15-/m0/s1. The predicted molar refractivity (Wildman–Crippen MR) is 96.0 cm³/mol. The number of pyridine rings is 1. The number of fused-ring (bicyclic) bond motifs is 2. The largest absolute Gasteiger partial charge is 0.368 e. The zero-order valence-electron chi connectivity index (χ0n) is 14.2. The van der Waals surface area contributed by atoms with Crippen molar-refractivity contribution < 1.29 is 13.2 Å². The summed E-state index contributed by atoms with van der Waals surface area (Å²) < 4.78 is 29.4. The second-order valence-electron chi connectivity index (χ2n) is 6.30. The quantitative estimate of drug-likeness (QED) is 0.735. The molecule has 26 heavy (non-hydrogen) atoms. The normalized spacial score (nSPS) is 16.8.